The highest BCUT2D eigenvalue weighted by atomic mass is 32.1. The van der Waals surface area contributed by atoms with Crippen LogP contribution in [0.1, 0.15) is 0 Å². The summed E-state index contributed by atoms with van der Waals surface area (Å²) in [6.07, 6.45) is 0. The predicted molar refractivity (Wildman–Crippen MR) is 280 cm³/mol. The molecule has 13 aromatic rings. The lowest BCUT2D eigenvalue weighted by Gasteiger charge is -2.15. The molecule has 2 heteroatoms. The Balaban J connectivity index is 0.935. The van der Waals surface area contributed by atoms with Crippen LogP contribution in [0.4, 0.5) is 0 Å². The Morgan fingerprint density at radius 1 is 0.203 bits per heavy atom. The quantitative estimate of drug-likeness (QED) is 0.146. The van der Waals surface area contributed by atoms with E-state index in [0.717, 1.165) is 0 Å². The van der Waals surface area contributed by atoms with Crippen LogP contribution in [-0.2, 0) is 0 Å². The van der Waals surface area contributed by atoms with Gasteiger partial charge in [0, 0.05) is 40.3 Å². The van der Waals surface area contributed by atoms with E-state index in [2.05, 4.69) is 231 Å². The normalized spacial score (nSPS) is 11.8. The van der Waals surface area contributed by atoms with Crippen LogP contribution in [0.15, 0.2) is 231 Å². The Bertz CT molecular complexity index is 3760. The molecule has 0 saturated heterocycles. The first-order valence-corrected chi connectivity index (χ1v) is 23.5. The standard InChI is InChI=1S/C62H38S2/c1-2-15-49-45(12-1)38-58(53-17-4-3-16-52(49)53)44-14-9-13-43(34-44)48-36-46(39-26-30-41(31-27-39)50-20-10-22-56-54-18-5-7-24-59(54)63-61(50)56)35-47(37-48)40-28-32-42(33-29-40)51-21-11-23-57-55-19-6-8-25-60(55)64-62(51)57/h1-38H. The Morgan fingerprint density at radius 3 is 1.19 bits per heavy atom. The zero-order valence-electron chi connectivity index (χ0n) is 34.8. The smallest absolute Gasteiger partial charge is 0.0433 e. The van der Waals surface area contributed by atoms with Crippen molar-refractivity contribution in [3.05, 3.63) is 231 Å². The van der Waals surface area contributed by atoms with Crippen molar-refractivity contribution in [2.75, 3.05) is 0 Å². The maximum Gasteiger partial charge on any atom is 0.0433 e. The highest BCUT2D eigenvalue weighted by molar-refractivity contribution is 7.26. The first-order chi connectivity index (χ1) is 31.7. The lowest BCUT2D eigenvalue weighted by atomic mass is 9.89. The van der Waals surface area contributed by atoms with Crippen LogP contribution in [-0.4, -0.2) is 0 Å². The zero-order valence-corrected chi connectivity index (χ0v) is 36.4. The van der Waals surface area contributed by atoms with Crippen LogP contribution in [0, 0.1) is 0 Å². The summed E-state index contributed by atoms with van der Waals surface area (Å²) < 4.78 is 5.33. The maximum atomic E-state index is 2.38. The van der Waals surface area contributed by atoms with E-state index >= 15 is 0 Å². The molecule has 13 rings (SSSR count). The van der Waals surface area contributed by atoms with Crippen molar-refractivity contribution in [2.45, 2.75) is 0 Å². The fourth-order valence-corrected chi connectivity index (χ4v) is 12.4. The van der Waals surface area contributed by atoms with E-state index < -0.39 is 0 Å². The molecule has 0 radical (unpaired) electrons. The van der Waals surface area contributed by atoms with Gasteiger partial charge in [0.05, 0.1) is 0 Å². The van der Waals surface area contributed by atoms with Crippen molar-refractivity contribution in [2.24, 2.45) is 0 Å². The molecule has 64 heavy (non-hydrogen) atoms. The van der Waals surface area contributed by atoms with Gasteiger partial charge in [-0.05, 0) is 131 Å². The summed E-state index contributed by atoms with van der Waals surface area (Å²) in [5, 5.41) is 10.4. The third kappa shape index (κ3) is 6.18. The lowest BCUT2D eigenvalue weighted by molar-refractivity contribution is 1.56. The van der Waals surface area contributed by atoms with Gasteiger partial charge in [-0.25, -0.2) is 0 Å². The van der Waals surface area contributed by atoms with Crippen molar-refractivity contribution in [1.82, 2.24) is 0 Å². The minimum atomic E-state index is 1.19. The van der Waals surface area contributed by atoms with Crippen molar-refractivity contribution in [3.8, 4) is 66.8 Å². The van der Waals surface area contributed by atoms with Gasteiger partial charge in [0.1, 0.15) is 0 Å². The average molecular weight is 847 g/mol. The van der Waals surface area contributed by atoms with Crippen LogP contribution in [0.3, 0.4) is 0 Å². The SMILES string of the molecule is c1cc(-c2cc(-c3ccc(-c4cccc5c4sc4ccccc45)cc3)cc(-c3ccc(-c4cccc5c4sc4ccccc45)cc3)c2)cc(-c2cc3ccccc3c3ccccc23)c1. The molecule has 0 atom stereocenters. The molecule has 0 aliphatic rings. The van der Waals surface area contributed by atoms with Gasteiger partial charge in [0.25, 0.3) is 0 Å². The summed E-state index contributed by atoms with van der Waals surface area (Å²) in [5.74, 6) is 0. The maximum absolute atomic E-state index is 2.38. The first kappa shape index (κ1) is 37.0. The van der Waals surface area contributed by atoms with Crippen molar-refractivity contribution in [1.29, 1.82) is 0 Å². The van der Waals surface area contributed by atoms with E-state index in [-0.39, 0.29) is 0 Å². The summed E-state index contributed by atoms with van der Waals surface area (Å²) in [7, 11) is 0. The summed E-state index contributed by atoms with van der Waals surface area (Å²) in [6, 6.07) is 85.5. The number of fused-ring (bicyclic) bond motifs is 9. The summed E-state index contributed by atoms with van der Waals surface area (Å²) in [6.45, 7) is 0. The van der Waals surface area contributed by atoms with Crippen molar-refractivity contribution in [3.63, 3.8) is 0 Å². The summed E-state index contributed by atoms with van der Waals surface area (Å²) >= 11 is 3.77. The van der Waals surface area contributed by atoms with Crippen molar-refractivity contribution < 1.29 is 0 Å². The second-order valence-electron chi connectivity index (χ2n) is 16.8. The predicted octanol–water partition coefficient (Wildman–Crippen LogP) is 18.7. The third-order valence-corrected chi connectivity index (χ3v) is 15.5. The Hall–Kier alpha value is -7.62. The van der Waals surface area contributed by atoms with E-state index in [1.54, 1.807) is 0 Å². The average Bonchev–Trinajstić information content (AvgIpc) is 3.95. The number of hydrogen-bond donors (Lipinski definition) is 0. The zero-order chi connectivity index (χ0) is 42.1. The van der Waals surface area contributed by atoms with Gasteiger partial charge in [0.2, 0.25) is 0 Å². The molecule has 0 nitrogen and oxygen atoms in total. The topological polar surface area (TPSA) is 0 Å². The van der Waals surface area contributed by atoms with Gasteiger partial charge < -0.3 is 0 Å². The molecule has 0 amide bonds. The van der Waals surface area contributed by atoms with Crippen LogP contribution in [0.2, 0.25) is 0 Å². The van der Waals surface area contributed by atoms with E-state index in [9.17, 15) is 0 Å². The molecule has 0 N–H and O–H groups in total. The number of hydrogen-bond acceptors (Lipinski definition) is 2. The molecule has 0 unspecified atom stereocenters. The molecule has 11 aromatic carbocycles. The second-order valence-corrected chi connectivity index (χ2v) is 18.9. The Kier molecular flexibility index (Phi) is 8.69. The highest BCUT2D eigenvalue weighted by Gasteiger charge is 2.15. The molecule has 0 spiro atoms. The Labute approximate surface area is 379 Å². The number of rotatable bonds is 6. The molecule has 2 heterocycles. The molecule has 298 valence electrons. The molecular weight excluding hydrogens is 809 g/mol. The van der Waals surface area contributed by atoms with Crippen molar-refractivity contribution >= 4 is 84.6 Å². The van der Waals surface area contributed by atoms with Gasteiger partial charge in [-0.15, -0.1) is 22.7 Å². The fraction of sp³-hybridized carbons (Fsp3) is 0. The molecule has 0 fully saturated rings. The molecule has 0 saturated carbocycles. The lowest BCUT2D eigenvalue weighted by Crippen LogP contribution is -1.89. The third-order valence-electron chi connectivity index (χ3n) is 13.1. The van der Waals surface area contributed by atoms with Gasteiger partial charge in [-0.3, -0.25) is 0 Å². The second kappa shape index (κ2) is 15.0. The van der Waals surface area contributed by atoms with E-state index in [0.29, 0.717) is 0 Å². The van der Waals surface area contributed by atoms with Gasteiger partial charge >= 0.3 is 0 Å². The van der Waals surface area contributed by atoms with Crippen LogP contribution >= 0.6 is 22.7 Å². The molecule has 0 aliphatic heterocycles. The van der Waals surface area contributed by atoms with E-state index in [1.807, 2.05) is 22.7 Å². The summed E-state index contributed by atoms with van der Waals surface area (Å²) in [4.78, 5) is 0. The minimum Gasteiger partial charge on any atom is -0.135 e. The van der Waals surface area contributed by atoms with Crippen LogP contribution < -0.4 is 0 Å². The van der Waals surface area contributed by atoms with E-state index in [4.69, 9.17) is 0 Å². The van der Waals surface area contributed by atoms with Gasteiger partial charge in [-0.1, -0.05) is 188 Å². The molecule has 2 aromatic heterocycles. The Morgan fingerprint density at radius 2 is 0.609 bits per heavy atom. The van der Waals surface area contributed by atoms with Crippen LogP contribution in [0.25, 0.3) is 129 Å². The highest BCUT2D eigenvalue weighted by Crippen LogP contribution is 2.43. The van der Waals surface area contributed by atoms with Gasteiger partial charge in [0.15, 0.2) is 0 Å². The molecular formula is C62H38S2. The summed E-state index contributed by atoms with van der Waals surface area (Å²) in [5.41, 5.74) is 14.7. The van der Waals surface area contributed by atoms with Gasteiger partial charge in [-0.2, -0.15) is 0 Å². The monoisotopic (exact) mass is 846 g/mol. The largest absolute Gasteiger partial charge is 0.135 e. The number of thiophene rings is 2. The first-order valence-electron chi connectivity index (χ1n) is 21.9. The van der Waals surface area contributed by atoms with E-state index in [1.165, 1.54) is 129 Å². The molecule has 0 bridgehead atoms. The molecule has 0 aliphatic carbocycles. The number of benzene rings is 11. The fourth-order valence-electron chi connectivity index (χ4n) is 9.92. The minimum absolute atomic E-state index is 1.19. The van der Waals surface area contributed by atoms with Crippen LogP contribution in [0.5, 0.6) is 0 Å².